The number of hydrogen-bond acceptors (Lipinski definition) is 5. The van der Waals surface area contributed by atoms with Crippen LogP contribution in [0.5, 0.6) is 11.5 Å². The third kappa shape index (κ3) is 4.51. The van der Waals surface area contributed by atoms with E-state index in [-0.39, 0.29) is 5.75 Å². The number of amidine groups is 1. The Balaban J connectivity index is 1.67. The highest BCUT2D eigenvalue weighted by Gasteiger charge is 2.21. The number of unbranched alkanes of at least 4 members (excludes halogenated alkanes) is 1. The molecule has 1 aliphatic heterocycles. The molecular weight excluding hydrogens is 374 g/mol. The number of phenols is 1. The van der Waals surface area contributed by atoms with Gasteiger partial charge in [0.25, 0.3) is 0 Å². The van der Waals surface area contributed by atoms with Gasteiger partial charge in [0.15, 0.2) is 5.84 Å². The first-order valence-corrected chi connectivity index (χ1v) is 10.2. The molecule has 0 bridgehead atoms. The van der Waals surface area contributed by atoms with Gasteiger partial charge in [-0.05, 0) is 24.1 Å². The van der Waals surface area contributed by atoms with E-state index in [1.807, 2.05) is 72.8 Å². The third-order valence-electron chi connectivity index (χ3n) is 4.89. The number of hydrogen-bond donors (Lipinski definition) is 1. The fourth-order valence-electron chi connectivity index (χ4n) is 3.26. The molecule has 0 atom stereocenters. The highest BCUT2D eigenvalue weighted by atomic mass is 16.5. The van der Waals surface area contributed by atoms with Crippen molar-refractivity contribution in [1.82, 2.24) is 0 Å². The van der Waals surface area contributed by atoms with Crippen molar-refractivity contribution < 1.29 is 9.84 Å². The van der Waals surface area contributed by atoms with Gasteiger partial charge in [0.2, 0.25) is 0 Å². The molecule has 3 aromatic carbocycles. The lowest BCUT2D eigenvalue weighted by Gasteiger charge is -2.26. The van der Waals surface area contributed by atoms with Crippen LogP contribution in [-0.2, 0) is 0 Å². The maximum atomic E-state index is 10.7. The van der Waals surface area contributed by atoms with E-state index in [0.29, 0.717) is 30.4 Å². The van der Waals surface area contributed by atoms with Crippen molar-refractivity contribution in [2.75, 3.05) is 18.2 Å². The number of ether oxygens (including phenoxy) is 1. The van der Waals surface area contributed by atoms with Crippen molar-refractivity contribution in [1.29, 1.82) is 0 Å². The lowest BCUT2D eigenvalue weighted by molar-refractivity contribution is 0.307. The van der Waals surface area contributed by atoms with Gasteiger partial charge in [-0.15, -0.1) is 0 Å². The zero-order valence-corrected chi connectivity index (χ0v) is 17.0. The molecule has 0 amide bonds. The molecule has 0 saturated carbocycles. The van der Waals surface area contributed by atoms with Crippen LogP contribution in [0.1, 0.15) is 30.9 Å². The lowest BCUT2D eigenvalue weighted by atomic mass is 10.1. The molecule has 1 heterocycles. The zero-order chi connectivity index (χ0) is 20.8. The van der Waals surface area contributed by atoms with Crippen LogP contribution < -0.4 is 9.75 Å². The van der Waals surface area contributed by atoms with Crippen LogP contribution in [0.2, 0.25) is 0 Å². The van der Waals surface area contributed by atoms with E-state index in [0.717, 1.165) is 29.7 Å². The van der Waals surface area contributed by atoms with E-state index < -0.39 is 0 Å². The number of hydrazone groups is 1. The Labute approximate surface area is 177 Å². The van der Waals surface area contributed by atoms with Crippen LogP contribution in [-0.4, -0.2) is 29.8 Å². The van der Waals surface area contributed by atoms with Crippen LogP contribution in [0.25, 0.3) is 0 Å². The molecule has 0 aromatic heterocycles. The Morgan fingerprint density at radius 3 is 2.30 bits per heavy atom. The van der Waals surface area contributed by atoms with E-state index in [2.05, 4.69) is 6.92 Å². The molecule has 1 N–H and O–H groups in total. The van der Waals surface area contributed by atoms with E-state index in [9.17, 15) is 5.11 Å². The highest BCUT2D eigenvalue weighted by molar-refractivity contribution is 6.15. The van der Waals surface area contributed by atoms with Gasteiger partial charge in [-0.1, -0.05) is 74.0 Å². The molecule has 0 aliphatic carbocycles. The molecule has 0 saturated heterocycles. The first-order valence-electron chi connectivity index (χ1n) is 10.2. The van der Waals surface area contributed by atoms with Gasteiger partial charge in [-0.25, -0.2) is 4.99 Å². The number of benzene rings is 3. The molecular formula is C25H25N3O2. The Morgan fingerprint density at radius 1 is 0.933 bits per heavy atom. The monoisotopic (exact) mass is 399 g/mol. The SMILES string of the molecule is CCCCOc1ccc(N2CC(c3ccccc3)=NC(c3ccccc3)=N2)c(O)c1. The standard InChI is InChI=1S/C25H25N3O2/c1-2-3-16-30-21-14-15-23(24(29)17-21)28-18-22(19-10-6-4-7-11-19)26-25(27-28)20-12-8-5-9-13-20/h4-15,17,29H,2-3,16,18H2,1H3. The second kappa shape index (κ2) is 9.27. The number of phenolic OH excluding ortho intramolecular Hbond substituents is 1. The summed E-state index contributed by atoms with van der Waals surface area (Å²) in [5, 5.41) is 17.2. The summed E-state index contributed by atoms with van der Waals surface area (Å²) in [5.41, 5.74) is 3.47. The smallest absolute Gasteiger partial charge is 0.179 e. The van der Waals surface area contributed by atoms with Crippen molar-refractivity contribution in [3.05, 3.63) is 90.0 Å². The van der Waals surface area contributed by atoms with E-state index in [1.54, 1.807) is 11.1 Å². The van der Waals surface area contributed by atoms with E-state index in [4.69, 9.17) is 14.8 Å². The van der Waals surface area contributed by atoms with E-state index >= 15 is 0 Å². The summed E-state index contributed by atoms with van der Waals surface area (Å²) in [6.07, 6.45) is 2.05. The number of nitrogens with zero attached hydrogens (tertiary/aromatic N) is 3. The topological polar surface area (TPSA) is 57.4 Å². The van der Waals surface area contributed by atoms with Gasteiger partial charge in [-0.2, -0.15) is 5.10 Å². The first kappa shape index (κ1) is 19.7. The summed E-state index contributed by atoms with van der Waals surface area (Å²) in [6, 6.07) is 25.3. The minimum atomic E-state index is 0.134. The molecule has 0 spiro atoms. The quantitative estimate of drug-likeness (QED) is 0.553. The van der Waals surface area contributed by atoms with Crippen LogP contribution in [0, 0.1) is 0 Å². The molecule has 0 radical (unpaired) electrons. The second-order valence-corrected chi connectivity index (χ2v) is 7.12. The largest absolute Gasteiger partial charge is 0.506 e. The van der Waals surface area contributed by atoms with Crippen LogP contribution in [0.15, 0.2) is 89.0 Å². The fraction of sp³-hybridized carbons (Fsp3) is 0.200. The maximum absolute atomic E-state index is 10.7. The third-order valence-corrected chi connectivity index (χ3v) is 4.89. The normalized spacial score (nSPS) is 13.6. The molecule has 1 aliphatic rings. The van der Waals surface area contributed by atoms with Crippen molar-refractivity contribution in [2.45, 2.75) is 19.8 Å². The summed E-state index contributed by atoms with van der Waals surface area (Å²) in [7, 11) is 0. The van der Waals surface area contributed by atoms with Gasteiger partial charge in [-0.3, -0.25) is 5.01 Å². The Hall–Kier alpha value is -3.60. The summed E-state index contributed by atoms with van der Waals surface area (Å²) in [5.74, 6) is 1.41. The fourth-order valence-corrected chi connectivity index (χ4v) is 3.26. The average Bonchev–Trinajstić information content (AvgIpc) is 2.80. The minimum absolute atomic E-state index is 0.134. The number of aromatic hydroxyl groups is 1. The number of aliphatic imine (C=N–C) groups is 1. The molecule has 5 heteroatoms. The Kier molecular flexibility index (Phi) is 6.09. The molecule has 3 aromatic rings. The van der Waals surface area contributed by atoms with Gasteiger partial charge in [0, 0.05) is 11.6 Å². The Bertz CT molecular complexity index is 1050. The molecule has 4 rings (SSSR count). The van der Waals surface area contributed by atoms with Crippen molar-refractivity contribution in [2.24, 2.45) is 10.1 Å². The lowest BCUT2D eigenvalue weighted by Crippen LogP contribution is -2.31. The summed E-state index contributed by atoms with van der Waals surface area (Å²) >= 11 is 0. The van der Waals surface area contributed by atoms with E-state index in [1.165, 1.54) is 0 Å². The van der Waals surface area contributed by atoms with Gasteiger partial charge < -0.3 is 9.84 Å². The van der Waals surface area contributed by atoms with Crippen LogP contribution in [0.3, 0.4) is 0 Å². The number of anilines is 1. The van der Waals surface area contributed by atoms with Gasteiger partial charge in [0.05, 0.1) is 18.9 Å². The van der Waals surface area contributed by atoms with Crippen LogP contribution >= 0.6 is 0 Å². The molecule has 0 unspecified atom stereocenters. The van der Waals surface area contributed by atoms with Crippen molar-refractivity contribution in [3.8, 4) is 11.5 Å². The molecule has 0 fully saturated rings. The van der Waals surface area contributed by atoms with Gasteiger partial charge >= 0.3 is 0 Å². The summed E-state index contributed by atoms with van der Waals surface area (Å²) < 4.78 is 5.71. The van der Waals surface area contributed by atoms with Crippen LogP contribution in [0.4, 0.5) is 5.69 Å². The molecule has 5 nitrogen and oxygen atoms in total. The number of rotatable bonds is 7. The average molecular weight is 399 g/mol. The molecule has 30 heavy (non-hydrogen) atoms. The first-order chi connectivity index (χ1) is 14.7. The minimum Gasteiger partial charge on any atom is -0.506 e. The summed E-state index contributed by atoms with van der Waals surface area (Å²) in [6.45, 7) is 3.22. The van der Waals surface area contributed by atoms with Crippen molar-refractivity contribution >= 4 is 17.2 Å². The maximum Gasteiger partial charge on any atom is 0.179 e. The molecule has 152 valence electrons. The second-order valence-electron chi connectivity index (χ2n) is 7.12. The highest BCUT2D eigenvalue weighted by Crippen LogP contribution is 2.33. The summed E-state index contributed by atoms with van der Waals surface area (Å²) in [4.78, 5) is 4.81. The Morgan fingerprint density at radius 2 is 1.63 bits per heavy atom. The predicted octanol–water partition coefficient (Wildman–Crippen LogP) is 5.24. The zero-order valence-electron chi connectivity index (χ0n) is 17.0. The van der Waals surface area contributed by atoms with Crippen molar-refractivity contribution in [3.63, 3.8) is 0 Å². The predicted molar refractivity (Wildman–Crippen MR) is 122 cm³/mol. The van der Waals surface area contributed by atoms with Gasteiger partial charge in [0.1, 0.15) is 17.2 Å².